The molecule has 0 radical (unpaired) electrons. The number of ether oxygens (including phenoxy) is 2. The van der Waals surface area contributed by atoms with Crippen molar-refractivity contribution in [3.8, 4) is 0 Å². The standard InChI is InChI=1S/C16H22N2O3/c1-18(12-5-3-2-4-6-12)15(19)14-11-17-8-7-13(14)16-20-9-10-21-16/h7-8,11-12,16H,2-6,9-10H2,1H3. The maximum Gasteiger partial charge on any atom is 0.255 e. The second-order valence-electron chi connectivity index (χ2n) is 5.74. The first kappa shape index (κ1) is 14.5. The number of carbonyl (C=O) groups excluding carboxylic acids is 1. The molecule has 1 saturated heterocycles. The Morgan fingerprint density at radius 3 is 2.67 bits per heavy atom. The summed E-state index contributed by atoms with van der Waals surface area (Å²) in [4.78, 5) is 18.8. The van der Waals surface area contributed by atoms with E-state index in [1.807, 2.05) is 18.0 Å². The van der Waals surface area contributed by atoms with Gasteiger partial charge in [0.2, 0.25) is 0 Å². The number of hydrogen-bond donors (Lipinski definition) is 0. The van der Waals surface area contributed by atoms with Gasteiger partial charge in [0.15, 0.2) is 6.29 Å². The Morgan fingerprint density at radius 2 is 1.95 bits per heavy atom. The van der Waals surface area contributed by atoms with Crippen molar-refractivity contribution >= 4 is 5.91 Å². The number of amides is 1. The maximum absolute atomic E-state index is 12.8. The van der Waals surface area contributed by atoms with Gasteiger partial charge >= 0.3 is 0 Å². The highest BCUT2D eigenvalue weighted by molar-refractivity contribution is 5.95. The van der Waals surface area contributed by atoms with E-state index in [-0.39, 0.29) is 5.91 Å². The summed E-state index contributed by atoms with van der Waals surface area (Å²) in [7, 11) is 1.89. The fraction of sp³-hybridized carbons (Fsp3) is 0.625. The van der Waals surface area contributed by atoms with Crippen molar-refractivity contribution in [1.82, 2.24) is 9.88 Å². The highest BCUT2D eigenvalue weighted by Crippen LogP contribution is 2.28. The molecule has 1 amide bonds. The minimum absolute atomic E-state index is 0.0177. The third-order valence-corrected chi connectivity index (χ3v) is 4.40. The molecule has 0 bridgehead atoms. The van der Waals surface area contributed by atoms with Gasteiger partial charge in [0, 0.05) is 31.0 Å². The molecule has 21 heavy (non-hydrogen) atoms. The van der Waals surface area contributed by atoms with E-state index in [0.717, 1.165) is 18.4 Å². The van der Waals surface area contributed by atoms with Gasteiger partial charge in [0.05, 0.1) is 18.8 Å². The first-order valence-corrected chi connectivity index (χ1v) is 7.71. The summed E-state index contributed by atoms with van der Waals surface area (Å²) in [6.45, 7) is 1.14. The Hall–Kier alpha value is -1.46. The Kier molecular flexibility index (Phi) is 4.51. The van der Waals surface area contributed by atoms with Crippen molar-refractivity contribution in [3.05, 3.63) is 29.6 Å². The molecule has 1 aromatic heterocycles. The lowest BCUT2D eigenvalue weighted by Gasteiger charge is -2.31. The van der Waals surface area contributed by atoms with Crippen LogP contribution in [0.5, 0.6) is 0 Å². The lowest BCUT2D eigenvalue weighted by atomic mass is 9.94. The van der Waals surface area contributed by atoms with E-state index in [4.69, 9.17) is 9.47 Å². The highest BCUT2D eigenvalue weighted by atomic mass is 16.7. The minimum Gasteiger partial charge on any atom is -0.346 e. The van der Waals surface area contributed by atoms with Gasteiger partial charge < -0.3 is 14.4 Å². The third kappa shape index (κ3) is 3.09. The van der Waals surface area contributed by atoms with Crippen molar-refractivity contribution in [2.45, 2.75) is 44.4 Å². The third-order valence-electron chi connectivity index (χ3n) is 4.40. The molecule has 0 unspecified atom stereocenters. The van der Waals surface area contributed by atoms with E-state index in [9.17, 15) is 4.79 Å². The van der Waals surface area contributed by atoms with E-state index in [2.05, 4.69) is 4.98 Å². The largest absolute Gasteiger partial charge is 0.346 e. The molecule has 2 fully saturated rings. The van der Waals surface area contributed by atoms with Gasteiger partial charge in [-0.1, -0.05) is 19.3 Å². The Bertz CT molecular complexity index is 494. The summed E-state index contributed by atoms with van der Waals surface area (Å²) < 4.78 is 11.1. The van der Waals surface area contributed by atoms with Crippen LogP contribution in [0.15, 0.2) is 18.5 Å². The quantitative estimate of drug-likeness (QED) is 0.858. The number of carbonyl (C=O) groups is 1. The zero-order chi connectivity index (χ0) is 14.7. The molecule has 2 heterocycles. The van der Waals surface area contributed by atoms with Crippen molar-refractivity contribution < 1.29 is 14.3 Å². The Balaban J connectivity index is 1.80. The first-order valence-electron chi connectivity index (χ1n) is 7.71. The molecule has 1 aromatic rings. The predicted octanol–water partition coefficient (Wildman–Crippen LogP) is 2.53. The molecule has 0 aromatic carbocycles. The number of aromatic nitrogens is 1. The smallest absolute Gasteiger partial charge is 0.255 e. The average molecular weight is 290 g/mol. The fourth-order valence-corrected chi connectivity index (χ4v) is 3.15. The van der Waals surface area contributed by atoms with Crippen LogP contribution in [-0.2, 0) is 9.47 Å². The summed E-state index contributed by atoms with van der Waals surface area (Å²) >= 11 is 0. The molecule has 0 N–H and O–H groups in total. The van der Waals surface area contributed by atoms with E-state index >= 15 is 0 Å². The molecule has 1 saturated carbocycles. The predicted molar refractivity (Wildman–Crippen MR) is 77.8 cm³/mol. The molecule has 1 aliphatic heterocycles. The maximum atomic E-state index is 12.8. The van der Waals surface area contributed by atoms with Crippen LogP contribution in [0, 0.1) is 0 Å². The van der Waals surface area contributed by atoms with Crippen LogP contribution in [-0.4, -0.2) is 42.1 Å². The summed E-state index contributed by atoms with van der Waals surface area (Å²) in [5.41, 5.74) is 1.38. The minimum atomic E-state index is -0.438. The monoisotopic (exact) mass is 290 g/mol. The number of hydrogen-bond acceptors (Lipinski definition) is 4. The van der Waals surface area contributed by atoms with Crippen molar-refractivity contribution in [2.24, 2.45) is 0 Å². The molecule has 3 rings (SSSR count). The molecule has 2 aliphatic rings. The second kappa shape index (κ2) is 6.54. The highest BCUT2D eigenvalue weighted by Gasteiger charge is 2.28. The molecule has 114 valence electrons. The zero-order valence-electron chi connectivity index (χ0n) is 12.5. The van der Waals surface area contributed by atoms with E-state index in [0.29, 0.717) is 24.8 Å². The Morgan fingerprint density at radius 1 is 1.24 bits per heavy atom. The summed E-state index contributed by atoms with van der Waals surface area (Å²) in [5.74, 6) is 0.0177. The summed E-state index contributed by atoms with van der Waals surface area (Å²) in [5, 5.41) is 0. The molecule has 5 nitrogen and oxygen atoms in total. The average Bonchev–Trinajstić information content (AvgIpc) is 3.08. The first-order chi connectivity index (χ1) is 10.3. The molecular formula is C16H22N2O3. The van der Waals surface area contributed by atoms with Crippen LogP contribution >= 0.6 is 0 Å². The molecular weight excluding hydrogens is 268 g/mol. The van der Waals surface area contributed by atoms with Crippen LogP contribution in [0.2, 0.25) is 0 Å². The lowest BCUT2D eigenvalue weighted by molar-refractivity contribution is -0.0448. The Labute approximate surface area is 125 Å². The zero-order valence-corrected chi connectivity index (χ0v) is 12.5. The van der Waals surface area contributed by atoms with Gasteiger partial charge in [-0.15, -0.1) is 0 Å². The van der Waals surface area contributed by atoms with Gasteiger partial charge in [-0.2, -0.15) is 0 Å². The number of pyridine rings is 1. The lowest BCUT2D eigenvalue weighted by Crippen LogP contribution is -2.38. The number of nitrogens with zero attached hydrogens (tertiary/aromatic N) is 2. The van der Waals surface area contributed by atoms with Crippen LogP contribution < -0.4 is 0 Å². The van der Waals surface area contributed by atoms with Crippen LogP contribution in [0.3, 0.4) is 0 Å². The van der Waals surface area contributed by atoms with E-state index in [1.54, 1.807) is 12.4 Å². The van der Waals surface area contributed by atoms with E-state index < -0.39 is 6.29 Å². The molecule has 5 heteroatoms. The fourth-order valence-electron chi connectivity index (χ4n) is 3.15. The van der Waals surface area contributed by atoms with Crippen molar-refractivity contribution in [1.29, 1.82) is 0 Å². The second-order valence-corrected chi connectivity index (χ2v) is 5.74. The summed E-state index contributed by atoms with van der Waals surface area (Å²) in [6.07, 6.45) is 8.74. The van der Waals surface area contributed by atoms with Crippen LogP contribution in [0.25, 0.3) is 0 Å². The van der Waals surface area contributed by atoms with Gasteiger partial charge in [-0.05, 0) is 18.9 Å². The van der Waals surface area contributed by atoms with Crippen molar-refractivity contribution in [2.75, 3.05) is 20.3 Å². The molecule has 1 aliphatic carbocycles. The topological polar surface area (TPSA) is 51.7 Å². The van der Waals surface area contributed by atoms with Gasteiger partial charge in [0.25, 0.3) is 5.91 Å². The van der Waals surface area contributed by atoms with Crippen LogP contribution in [0.1, 0.15) is 54.3 Å². The van der Waals surface area contributed by atoms with Gasteiger partial charge in [0.1, 0.15) is 0 Å². The normalized spacial score (nSPS) is 20.6. The van der Waals surface area contributed by atoms with E-state index in [1.165, 1.54) is 19.3 Å². The molecule has 0 atom stereocenters. The number of rotatable bonds is 3. The van der Waals surface area contributed by atoms with Gasteiger partial charge in [-0.3, -0.25) is 9.78 Å². The summed E-state index contributed by atoms with van der Waals surface area (Å²) in [6, 6.07) is 2.16. The molecule has 0 spiro atoms. The van der Waals surface area contributed by atoms with Crippen molar-refractivity contribution in [3.63, 3.8) is 0 Å². The van der Waals surface area contributed by atoms with Gasteiger partial charge in [-0.25, -0.2) is 0 Å². The van der Waals surface area contributed by atoms with Crippen LogP contribution in [0.4, 0.5) is 0 Å². The SMILES string of the molecule is CN(C(=O)c1cnccc1C1OCCO1)C1CCCCC1.